The molecular weight excluding hydrogens is 532 g/mol. The van der Waals surface area contributed by atoms with E-state index in [4.69, 9.17) is 9.47 Å². The molecular formula is C25H28N4O9S. The fourth-order valence-electron chi connectivity index (χ4n) is 4.16. The van der Waals surface area contributed by atoms with Crippen LogP contribution in [0.3, 0.4) is 0 Å². The first kappa shape index (κ1) is 29.4. The van der Waals surface area contributed by atoms with Crippen molar-refractivity contribution in [3.63, 3.8) is 0 Å². The van der Waals surface area contributed by atoms with Crippen molar-refractivity contribution in [2.75, 3.05) is 6.54 Å². The van der Waals surface area contributed by atoms with Crippen LogP contribution in [0.25, 0.3) is 0 Å². The van der Waals surface area contributed by atoms with Crippen molar-refractivity contribution in [1.29, 1.82) is 0 Å². The number of alkyl carbamates (subject to hydrolysis) is 1. The average molecular weight is 561 g/mol. The number of nitrogens with one attached hydrogen (secondary N) is 1. The SMILES string of the molecule is CC(=O)S[C@H]1C[C@H](CC(C)NC(=O)OCc2ccc([N+](=O)[O-])cc2)N(C(=O)OCc2ccc([N+](=O)[O-])cc2)C1. The molecule has 1 unspecified atom stereocenters. The first-order valence-corrected chi connectivity index (χ1v) is 12.9. The van der Waals surface area contributed by atoms with Gasteiger partial charge in [-0.1, -0.05) is 11.8 Å². The van der Waals surface area contributed by atoms with Gasteiger partial charge in [0.05, 0.1) is 9.85 Å². The average Bonchev–Trinajstić information content (AvgIpc) is 3.27. The molecule has 1 saturated heterocycles. The second-order valence-corrected chi connectivity index (χ2v) is 10.5. The van der Waals surface area contributed by atoms with E-state index in [-0.39, 0.29) is 47.0 Å². The zero-order chi connectivity index (χ0) is 28.5. The van der Waals surface area contributed by atoms with Gasteiger partial charge in [-0.3, -0.25) is 25.0 Å². The van der Waals surface area contributed by atoms with E-state index in [0.29, 0.717) is 30.5 Å². The summed E-state index contributed by atoms with van der Waals surface area (Å²) in [6.45, 7) is 3.37. The van der Waals surface area contributed by atoms with Gasteiger partial charge in [0.15, 0.2) is 5.12 Å². The van der Waals surface area contributed by atoms with Gasteiger partial charge in [0.2, 0.25) is 0 Å². The molecule has 39 heavy (non-hydrogen) atoms. The van der Waals surface area contributed by atoms with E-state index in [9.17, 15) is 34.6 Å². The summed E-state index contributed by atoms with van der Waals surface area (Å²) in [5.41, 5.74) is 1.04. The lowest BCUT2D eigenvalue weighted by Gasteiger charge is -2.26. The van der Waals surface area contributed by atoms with Crippen LogP contribution in [-0.2, 0) is 27.5 Å². The van der Waals surface area contributed by atoms with E-state index < -0.39 is 22.0 Å². The molecule has 1 heterocycles. The molecule has 1 aliphatic heterocycles. The maximum absolute atomic E-state index is 12.9. The van der Waals surface area contributed by atoms with Gasteiger partial charge in [-0.05, 0) is 55.2 Å². The Kier molecular flexibility index (Phi) is 10.2. The third kappa shape index (κ3) is 8.95. The monoisotopic (exact) mass is 560 g/mol. The van der Waals surface area contributed by atoms with Gasteiger partial charge in [0.25, 0.3) is 11.4 Å². The third-order valence-corrected chi connectivity index (χ3v) is 6.97. The zero-order valence-electron chi connectivity index (χ0n) is 21.3. The predicted octanol–water partition coefficient (Wildman–Crippen LogP) is 4.57. The van der Waals surface area contributed by atoms with E-state index >= 15 is 0 Å². The molecule has 0 spiro atoms. The molecule has 3 atom stereocenters. The Bertz CT molecular complexity index is 1210. The number of carbonyl (C=O) groups is 3. The van der Waals surface area contributed by atoms with Crippen LogP contribution < -0.4 is 5.32 Å². The fraction of sp³-hybridized carbons (Fsp3) is 0.400. The summed E-state index contributed by atoms with van der Waals surface area (Å²) in [4.78, 5) is 58.9. The highest BCUT2D eigenvalue weighted by molar-refractivity contribution is 8.14. The topological polar surface area (TPSA) is 171 Å². The number of nitro benzene ring substituents is 2. The van der Waals surface area contributed by atoms with Gasteiger partial charge in [-0.25, -0.2) is 9.59 Å². The number of rotatable bonds is 10. The number of carbonyl (C=O) groups excluding carboxylic acids is 3. The molecule has 0 saturated carbocycles. The highest BCUT2D eigenvalue weighted by Crippen LogP contribution is 2.31. The lowest BCUT2D eigenvalue weighted by atomic mass is 10.1. The smallest absolute Gasteiger partial charge is 0.410 e. The fourth-order valence-corrected chi connectivity index (χ4v) is 5.18. The standard InChI is InChI=1S/C25H28N4O9S/c1-16(26-24(31)37-14-18-3-7-20(8-4-18)28(33)34)11-22-12-23(39-17(2)30)13-27(22)25(32)38-15-19-5-9-21(10-6-19)29(35)36/h3-10,16,22-23H,11-15H2,1-2H3,(H,26,31)/t16?,22-,23-/m0/s1. The van der Waals surface area contributed by atoms with E-state index in [1.54, 1.807) is 6.92 Å². The minimum atomic E-state index is -0.680. The lowest BCUT2D eigenvalue weighted by Crippen LogP contribution is -2.42. The normalized spacial score (nSPS) is 17.2. The molecule has 0 aromatic heterocycles. The molecule has 3 rings (SSSR count). The Balaban J connectivity index is 1.53. The molecule has 14 heteroatoms. The second kappa shape index (κ2) is 13.6. The predicted molar refractivity (Wildman–Crippen MR) is 141 cm³/mol. The Morgan fingerprint density at radius 1 is 0.974 bits per heavy atom. The van der Waals surface area contributed by atoms with Crippen LogP contribution in [0.2, 0.25) is 0 Å². The van der Waals surface area contributed by atoms with Gasteiger partial charge in [0.1, 0.15) is 13.2 Å². The molecule has 1 aliphatic rings. The molecule has 208 valence electrons. The van der Waals surface area contributed by atoms with Crippen LogP contribution >= 0.6 is 11.8 Å². The number of benzene rings is 2. The van der Waals surface area contributed by atoms with Crippen LogP contribution in [0.15, 0.2) is 48.5 Å². The van der Waals surface area contributed by atoms with Crippen molar-refractivity contribution in [3.8, 4) is 0 Å². The summed E-state index contributed by atoms with van der Waals surface area (Å²) in [5, 5.41) is 24.1. The largest absolute Gasteiger partial charge is 0.445 e. The highest BCUT2D eigenvalue weighted by Gasteiger charge is 2.38. The minimum absolute atomic E-state index is 0.0644. The quantitative estimate of drug-likeness (QED) is 0.320. The molecule has 0 radical (unpaired) electrons. The maximum Gasteiger partial charge on any atom is 0.410 e. The maximum atomic E-state index is 12.9. The van der Waals surface area contributed by atoms with Crippen LogP contribution in [-0.4, -0.2) is 55.9 Å². The van der Waals surface area contributed by atoms with Crippen LogP contribution in [0.4, 0.5) is 21.0 Å². The summed E-state index contributed by atoms with van der Waals surface area (Å²) in [7, 11) is 0. The molecule has 0 bridgehead atoms. The Hall–Kier alpha value is -4.20. The van der Waals surface area contributed by atoms with E-state index in [1.165, 1.54) is 60.4 Å². The van der Waals surface area contributed by atoms with Crippen molar-refractivity contribution in [2.24, 2.45) is 0 Å². The summed E-state index contributed by atoms with van der Waals surface area (Å²) in [6, 6.07) is 10.6. The van der Waals surface area contributed by atoms with E-state index in [0.717, 1.165) is 11.8 Å². The molecule has 2 aromatic carbocycles. The molecule has 2 amide bonds. The van der Waals surface area contributed by atoms with Gasteiger partial charge < -0.3 is 19.7 Å². The Labute approximate surface area is 228 Å². The number of hydrogen-bond acceptors (Lipinski definition) is 10. The van der Waals surface area contributed by atoms with Crippen molar-refractivity contribution >= 4 is 40.4 Å². The number of non-ortho nitro benzene ring substituents is 2. The van der Waals surface area contributed by atoms with Gasteiger partial charge >= 0.3 is 12.2 Å². The summed E-state index contributed by atoms with van der Waals surface area (Å²) < 4.78 is 10.6. The second-order valence-electron chi connectivity index (χ2n) is 9.03. The van der Waals surface area contributed by atoms with Crippen molar-refractivity contribution in [3.05, 3.63) is 79.9 Å². The van der Waals surface area contributed by atoms with Gasteiger partial charge in [-0.2, -0.15) is 0 Å². The van der Waals surface area contributed by atoms with Crippen LogP contribution in [0.5, 0.6) is 0 Å². The number of amides is 2. The van der Waals surface area contributed by atoms with Crippen LogP contribution in [0, 0.1) is 20.2 Å². The van der Waals surface area contributed by atoms with E-state index in [1.807, 2.05) is 0 Å². The third-order valence-electron chi connectivity index (χ3n) is 5.96. The van der Waals surface area contributed by atoms with Crippen molar-refractivity contribution in [2.45, 2.75) is 57.2 Å². The summed E-state index contributed by atoms with van der Waals surface area (Å²) in [6.07, 6.45) is -0.353. The first-order chi connectivity index (χ1) is 18.5. The minimum Gasteiger partial charge on any atom is -0.445 e. The van der Waals surface area contributed by atoms with E-state index in [2.05, 4.69) is 5.32 Å². The van der Waals surface area contributed by atoms with Crippen molar-refractivity contribution < 1.29 is 33.7 Å². The lowest BCUT2D eigenvalue weighted by molar-refractivity contribution is -0.385. The number of thioether (sulfide) groups is 1. The molecule has 2 aromatic rings. The summed E-state index contributed by atoms with van der Waals surface area (Å²) in [5.74, 6) is 0. The van der Waals surface area contributed by atoms with Gasteiger partial charge in [0, 0.05) is 55.1 Å². The molecule has 1 fully saturated rings. The number of likely N-dealkylation sites (tertiary alicyclic amines) is 1. The number of ether oxygens (including phenoxy) is 2. The summed E-state index contributed by atoms with van der Waals surface area (Å²) >= 11 is 1.15. The number of nitrogens with zero attached hydrogens (tertiary/aromatic N) is 3. The molecule has 1 N–H and O–H groups in total. The van der Waals surface area contributed by atoms with Crippen LogP contribution in [0.1, 0.15) is 37.8 Å². The first-order valence-electron chi connectivity index (χ1n) is 12.0. The highest BCUT2D eigenvalue weighted by atomic mass is 32.2. The Morgan fingerprint density at radius 2 is 1.49 bits per heavy atom. The zero-order valence-corrected chi connectivity index (χ0v) is 22.1. The number of nitro groups is 2. The van der Waals surface area contributed by atoms with Gasteiger partial charge in [-0.15, -0.1) is 0 Å². The molecule has 0 aliphatic carbocycles. The molecule has 13 nitrogen and oxygen atoms in total. The number of hydrogen-bond donors (Lipinski definition) is 1. The van der Waals surface area contributed by atoms with Crippen molar-refractivity contribution in [1.82, 2.24) is 10.2 Å². The Morgan fingerprint density at radius 3 is 1.97 bits per heavy atom.